The highest BCUT2D eigenvalue weighted by atomic mass is 79.9. The van der Waals surface area contributed by atoms with Crippen LogP contribution in [-0.4, -0.2) is 31.1 Å². The van der Waals surface area contributed by atoms with Crippen LogP contribution in [0.25, 0.3) is 6.08 Å². The molecule has 11 heteroatoms. The highest BCUT2D eigenvalue weighted by Crippen LogP contribution is 2.35. The first-order valence-electron chi connectivity index (χ1n) is 10.4. The number of hydrogen-bond donors (Lipinski definition) is 1. The maximum Gasteiger partial charge on any atom is 0.335 e. The van der Waals surface area contributed by atoms with Crippen molar-refractivity contribution in [3.8, 4) is 11.5 Å². The molecule has 184 valence electrons. The molecule has 3 aromatic rings. The number of urea groups is 1. The number of carbonyl (C=O) groups is 3. The number of nitrogens with zero attached hydrogens (tertiary/aromatic N) is 1. The minimum Gasteiger partial charge on any atom is -0.490 e. The van der Waals surface area contributed by atoms with E-state index in [1.165, 1.54) is 18.2 Å². The van der Waals surface area contributed by atoms with Gasteiger partial charge >= 0.3 is 6.03 Å². The van der Waals surface area contributed by atoms with Crippen molar-refractivity contribution in [2.45, 2.75) is 0 Å². The number of imide groups is 2. The van der Waals surface area contributed by atoms with Gasteiger partial charge in [-0.25, -0.2) is 9.69 Å². The number of amides is 4. The smallest absolute Gasteiger partial charge is 0.335 e. The topological polar surface area (TPSA) is 84.9 Å². The Bertz CT molecular complexity index is 1340. The largest absolute Gasteiger partial charge is 0.490 e. The number of barbiturate groups is 1. The van der Waals surface area contributed by atoms with Crippen LogP contribution < -0.4 is 19.7 Å². The number of carbonyl (C=O) groups excluding carboxylic acids is 3. The first-order valence-corrected chi connectivity index (χ1v) is 12.7. The van der Waals surface area contributed by atoms with Gasteiger partial charge in [0.15, 0.2) is 5.75 Å². The number of anilines is 1. The average Bonchev–Trinajstić information content (AvgIpc) is 2.83. The molecule has 0 spiro atoms. The van der Waals surface area contributed by atoms with Crippen molar-refractivity contribution in [3.63, 3.8) is 0 Å². The highest BCUT2D eigenvalue weighted by molar-refractivity contribution is 9.10. The Morgan fingerprint density at radius 3 is 2.00 bits per heavy atom. The maximum atomic E-state index is 13.0. The SMILES string of the molecule is O=C1NC(=O)N(c2ccc(Br)cc2)C(=O)/C1=C\c1cc(Cl)c(OCCOc2ccc(Br)cc2)c(Cl)c1. The Labute approximate surface area is 233 Å². The molecule has 0 bridgehead atoms. The molecule has 4 amide bonds. The van der Waals surface area contributed by atoms with Crippen LogP contribution in [0.15, 0.2) is 75.2 Å². The lowest BCUT2D eigenvalue weighted by Crippen LogP contribution is -2.54. The second-order valence-corrected chi connectivity index (χ2v) is 10.0. The summed E-state index contributed by atoms with van der Waals surface area (Å²) in [7, 11) is 0. The van der Waals surface area contributed by atoms with Crippen LogP contribution in [-0.2, 0) is 9.59 Å². The van der Waals surface area contributed by atoms with Gasteiger partial charge in [-0.3, -0.25) is 14.9 Å². The van der Waals surface area contributed by atoms with Crippen molar-refractivity contribution in [1.29, 1.82) is 0 Å². The Morgan fingerprint density at radius 2 is 1.39 bits per heavy atom. The standard InChI is InChI=1S/C25H16Br2Cl2N2O5/c26-15-1-5-17(6-2-15)31-24(33)19(23(32)30-25(31)34)11-14-12-20(28)22(21(29)13-14)36-10-9-35-18-7-3-16(27)4-8-18/h1-8,11-13H,9-10H2,(H,30,32,34)/b19-11-. The first kappa shape index (κ1) is 26.2. The lowest BCUT2D eigenvalue weighted by atomic mass is 10.1. The van der Waals surface area contributed by atoms with Gasteiger partial charge in [0.05, 0.1) is 15.7 Å². The summed E-state index contributed by atoms with van der Waals surface area (Å²) in [6.45, 7) is 0.440. The fourth-order valence-corrected chi connectivity index (χ4v) is 4.43. The van der Waals surface area contributed by atoms with Crippen LogP contribution in [0.3, 0.4) is 0 Å². The number of nitrogens with one attached hydrogen (secondary N) is 1. The molecule has 0 saturated carbocycles. The zero-order valence-corrected chi connectivity index (χ0v) is 22.9. The van der Waals surface area contributed by atoms with Crippen LogP contribution in [0.5, 0.6) is 11.5 Å². The molecule has 0 atom stereocenters. The summed E-state index contributed by atoms with van der Waals surface area (Å²) in [6, 6.07) is 16.1. The van der Waals surface area contributed by atoms with E-state index < -0.39 is 17.8 Å². The van der Waals surface area contributed by atoms with E-state index in [0.717, 1.165) is 13.8 Å². The van der Waals surface area contributed by atoms with Crippen LogP contribution in [0.2, 0.25) is 10.0 Å². The average molecular weight is 655 g/mol. The number of ether oxygens (including phenoxy) is 2. The van der Waals surface area contributed by atoms with Crippen molar-refractivity contribution in [1.82, 2.24) is 5.32 Å². The summed E-state index contributed by atoms with van der Waals surface area (Å²) in [4.78, 5) is 38.7. The summed E-state index contributed by atoms with van der Waals surface area (Å²) >= 11 is 19.4. The van der Waals surface area contributed by atoms with Gasteiger partial charge in [0, 0.05) is 8.95 Å². The molecule has 0 aliphatic carbocycles. The van der Waals surface area contributed by atoms with E-state index in [9.17, 15) is 14.4 Å². The fourth-order valence-electron chi connectivity index (χ4n) is 3.28. The van der Waals surface area contributed by atoms with Gasteiger partial charge in [-0.05, 0) is 72.3 Å². The van der Waals surface area contributed by atoms with Gasteiger partial charge in [-0.2, -0.15) is 0 Å². The minimum atomic E-state index is -0.838. The molecule has 36 heavy (non-hydrogen) atoms. The summed E-state index contributed by atoms with van der Waals surface area (Å²) in [6.07, 6.45) is 1.31. The molecule has 3 aromatic carbocycles. The van der Waals surface area contributed by atoms with E-state index >= 15 is 0 Å². The van der Waals surface area contributed by atoms with Crippen molar-refractivity contribution in [2.24, 2.45) is 0 Å². The normalized spacial score (nSPS) is 14.7. The van der Waals surface area contributed by atoms with E-state index in [1.54, 1.807) is 24.3 Å². The van der Waals surface area contributed by atoms with Gasteiger partial charge in [0.25, 0.3) is 11.8 Å². The first-order chi connectivity index (χ1) is 17.2. The Kier molecular flexibility index (Phi) is 8.35. The summed E-state index contributed by atoms with van der Waals surface area (Å²) in [5, 5.41) is 2.54. The summed E-state index contributed by atoms with van der Waals surface area (Å²) < 4.78 is 13.0. The molecule has 0 unspecified atom stereocenters. The second-order valence-electron chi connectivity index (χ2n) is 7.40. The fraction of sp³-hybridized carbons (Fsp3) is 0.0800. The number of benzene rings is 3. The summed E-state index contributed by atoms with van der Waals surface area (Å²) in [5.41, 5.74) is 0.442. The third kappa shape index (κ3) is 6.10. The molecular weight excluding hydrogens is 639 g/mol. The second kappa shape index (κ2) is 11.5. The molecule has 1 aliphatic rings. The van der Waals surface area contributed by atoms with Crippen LogP contribution >= 0.6 is 55.1 Å². The Balaban J connectivity index is 1.49. The monoisotopic (exact) mass is 652 g/mol. The van der Waals surface area contributed by atoms with E-state index in [0.29, 0.717) is 17.0 Å². The van der Waals surface area contributed by atoms with Crippen LogP contribution in [0.4, 0.5) is 10.5 Å². The molecule has 1 fully saturated rings. The zero-order chi connectivity index (χ0) is 25.8. The molecule has 0 radical (unpaired) electrons. The molecule has 4 rings (SSSR count). The lowest BCUT2D eigenvalue weighted by Gasteiger charge is -2.26. The quantitative estimate of drug-likeness (QED) is 0.175. The molecule has 1 saturated heterocycles. The zero-order valence-electron chi connectivity index (χ0n) is 18.3. The predicted octanol–water partition coefficient (Wildman–Crippen LogP) is 6.64. The number of rotatable bonds is 7. The van der Waals surface area contributed by atoms with Crippen LogP contribution in [0.1, 0.15) is 5.56 Å². The van der Waals surface area contributed by atoms with Gasteiger partial charge < -0.3 is 9.47 Å². The molecule has 7 nitrogen and oxygen atoms in total. The van der Waals surface area contributed by atoms with Crippen molar-refractivity contribution >= 4 is 84.7 Å². The lowest BCUT2D eigenvalue weighted by molar-refractivity contribution is -0.122. The van der Waals surface area contributed by atoms with Crippen molar-refractivity contribution < 1.29 is 23.9 Å². The minimum absolute atomic E-state index is 0.182. The third-order valence-corrected chi connectivity index (χ3v) is 6.55. The van der Waals surface area contributed by atoms with Crippen LogP contribution in [0, 0.1) is 0 Å². The molecule has 1 heterocycles. The molecular formula is C25H16Br2Cl2N2O5. The maximum absolute atomic E-state index is 13.0. The van der Waals surface area contributed by atoms with E-state index in [4.69, 9.17) is 32.7 Å². The highest BCUT2D eigenvalue weighted by Gasteiger charge is 2.36. The Hall–Kier alpha value is -2.85. The van der Waals surface area contributed by atoms with Gasteiger partial charge in [-0.1, -0.05) is 55.1 Å². The Morgan fingerprint density at radius 1 is 0.833 bits per heavy atom. The molecule has 1 aliphatic heterocycles. The molecule has 1 N–H and O–H groups in total. The third-order valence-electron chi connectivity index (χ3n) is 4.93. The summed E-state index contributed by atoms with van der Waals surface area (Å²) in [5.74, 6) is -0.669. The number of hydrogen-bond acceptors (Lipinski definition) is 5. The van der Waals surface area contributed by atoms with Crippen molar-refractivity contribution in [3.05, 3.63) is 90.8 Å². The van der Waals surface area contributed by atoms with E-state index in [-0.39, 0.29) is 34.6 Å². The molecule has 0 aromatic heterocycles. The van der Waals surface area contributed by atoms with Gasteiger partial charge in [0.2, 0.25) is 0 Å². The van der Waals surface area contributed by atoms with Gasteiger partial charge in [-0.15, -0.1) is 0 Å². The van der Waals surface area contributed by atoms with E-state index in [1.807, 2.05) is 24.3 Å². The predicted molar refractivity (Wildman–Crippen MR) is 145 cm³/mol. The van der Waals surface area contributed by atoms with Crippen molar-refractivity contribution in [2.75, 3.05) is 18.1 Å². The van der Waals surface area contributed by atoms with Gasteiger partial charge in [0.1, 0.15) is 24.5 Å². The van der Waals surface area contributed by atoms with E-state index in [2.05, 4.69) is 37.2 Å². The number of halogens is 4.